The van der Waals surface area contributed by atoms with E-state index in [4.69, 9.17) is 11.6 Å². The number of rotatable bonds is 1. The van der Waals surface area contributed by atoms with E-state index in [2.05, 4.69) is 10.2 Å². The second-order valence-electron chi connectivity index (χ2n) is 3.26. The maximum absolute atomic E-state index is 13.6. The lowest BCUT2D eigenvalue weighted by Gasteiger charge is -2.09. The summed E-state index contributed by atoms with van der Waals surface area (Å²) in [4.78, 5) is 0. The van der Waals surface area contributed by atoms with Crippen molar-refractivity contribution in [1.29, 1.82) is 0 Å². The SMILES string of the molecule is Cc1cccc(F)c1-n1c(C)nnc1Cl. The average molecular weight is 226 g/mol. The molecule has 0 fully saturated rings. The molecule has 0 amide bonds. The minimum Gasteiger partial charge on any atom is -0.267 e. The molecule has 0 aliphatic rings. The molecule has 0 N–H and O–H groups in total. The molecule has 2 aromatic rings. The third-order valence-electron chi connectivity index (χ3n) is 2.20. The van der Waals surface area contributed by atoms with E-state index < -0.39 is 0 Å². The maximum atomic E-state index is 13.6. The molecule has 0 radical (unpaired) electrons. The summed E-state index contributed by atoms with van der Waals surface area (Å²) >= 11 is 5.85. The zero-order valence-corrected chi connectivity index (χ0v) is 9.09. The van der Waals surface area contributed by atoms with Crippen LogP contribution in [0.15, 0.2) is 18.2 Å². The smallest absolute Gasteiger partial charge is 0.229 e. The fraction of sp³-hybridized carbons (Fsp3) is 0.200. The molecule has 0 unspecified atom stereocenters. The molecule has 5 heteroatoms. The molecule has 0 aliphatic heterocycles. The molecule has 78 valence electrons. The zero-order chi connectivity index (χ0) is 11.0. The van der Waals surface area contributed by atoms with Gasteiger partial charge in [0.2, 0.25) is 5.28 Å². The molecule has 3 nitrogen and oxygen atoms in total. The summed E-state index contributed by atoms with van der Waals surface area (Å²) < 4.78 is 15.1. The van der Waals surface area contributed by atoms with E-state index in [1.54, 1.807) is 13.0 Å². The highest BCUT2D eigenvalue weighted by atomic mass is 35.5. The molecule has 0 saturated heterocycles. The molecule has 2 rings (SSSR count). The van der Waals surface area contributed by atoms with Crippen molar-refractivity contribution in [1.82, 2.24) is 14.8 Å². The van der Waals surface area contributed by atoms with Gasteiger partial charge >= 0.3 is 0 Å². The van der Waals surface area contributed by atoms with Gasteiger partial charge in [-0.05, 0) is 37.1 Å². The van der Waals surface area contributed by atoms with Gasteiger partial charge in [-0.2, -0.15) is 0 Å². The topological polar surface area (TPSA) is 30.7 Å². The van der Waals surface area contributed by atoms with Gasteiger partial charge in [0.1, 0.15) is 11.6 Å². The Morgan fingerprint density at radius 3 is 2.53 bits per heavy atom. The molecule has 15 heavy (non-hydrogen) atoms. The van der Waals surface area contributed by atoms with Gasteiger partial charge in [0.05, 0.1) is 5.69 Å². The van der Waals surface area contributed by atoms with E-state index in [1.807, 2.05) is 13.0 Å². The number of aryl methyl sites for hydroxylation is 2. The number of nitrogens with zero attached hydrogens (tertiary/aromatic N) is 3. The average Bonchev–Trinajstić information content (AvgIpc) is 2.49. The fourth-order valence-electron chi connectivity index (χ4n) is 1.50. The van der Waals surface area contributed by atoms with Crippen LogP contribution in [0.5, 0.6) is 0 Å². The third kappa shape index (κ3) is 1.61. The van der Waals surface area contributed by atoms with E-state index in [0.717, 1.165) is 5.56 Å². The predicted molar refractivity (Wildman–Crippen MR) is 55.8 cm³/mol. The van der Waals surface area contributed by atoms with Crippen molar-refractivity contribution >= 4 is 11.6 Å². The van der Waals surface area contributed by atoms with Gasteiger partial charge < -0.3 is 0 Å². The van der Waals surface area contributed by atoms with Gasteiger partial charge in [0.15, 0.2) is 0 Å². The molecule has 1 aromatic heterocycles. The van der Waals surface area contributed by atoms with Gasteiger partial charge in [0, 0.05) is 0 Å². The van der Waals surface area contributed by atoms with Crippen molar-refractivity contribution in [3.8, 4) is 5.69 Å². The van der Waals surface area contributed by atoms with Gasteiger partial charge in [-0.1, -0.05) is 12.1 Å². The van der Waals surface area contributed by atoms with E-state index in [1.165, 1.54) is 10.6 Å². The van der Waals surface area contributed by atoms with Crippen LogP contribution >= 0.6 is 11.6 Å². The van der Waals surface area contributed by atoms with Crippen LogP contribution in [-0.4, -0.2) is 14.8 Å². The number of para-hydroxylation sites is 1. The summed E-state index contributed by atoms with van der Waals surface area (Å²) in [7, 11) is 0. The number of benzene rings is 1. The molecule has 0 aliphatic carbocycles. The zero-order valence-electron chi connectivity index (χ0n) is 8.33. The van der Waals surface area contributed by atoms with Crippen LogP contribution in [0.1, 0.15) is 11.4 Å². The lowest BCUT2D eigenvalue weighted by atomic mass is 10.2. The molecular formula is C10H9ClFN3. The Labute approximate surface area is 91.5 Å². The van der Waals surface area contributed by atoms with Crippen LogP contribution in [0.4, 0.5) is 4.39 Å². The lowest BCUT2D eigenvalue weighted by molar-refractivity contribution is 0.615. The van der Waals surface area contributed by atoms with Gasteiger partial charge in [-0.15, -0.1) is 10.2 Å². The van der Waals surface area contributed by atoms with E-state index in [-0.39, 0.29) is 11.1 Å². The van der Waals surface area contributed by atoms with Gasteiger partial charge in [0.25, 0.3) is 0 Å². The van der Waals surface area contributed by atoms with Crippen LogP contribution < -0.4 is 0 Å². The van der Waals surface area contributed by atoms with Gasteiger partial charge in [-0.25, -0.2) is 4.39 Å². The first-order valence-corrected chi connectivity index (χ1v) is 4.82. The molecule has 0 atom stereocenters. The van der Waals surface area contributed by atoms with Crippen LogP contribution in [0.25, 0.3) is 5.69 Å². The monoisotopic (exact) mass is 225 g/mol. The van der Waals surface area contributed by atoms with Crippen molar-refractivity contribution in [2.24, 2.45) is 0 Å². The predicted octanol–water partition coefficient (Wildman–Crippen LogP) is 2.68. The Balaban J connectivity index is 2.74. The molecule has 0 spiro atoms. The Hall–Kier alpha value is -1.42. The van der Waals surface area contributed by atoms with Crippen LogP contribution in [-0.2, 0) is 0 Å². The normalized spacial score (nSPS) is 10.7. The molecular weight excluding hydrogens is 217 g/mol. The second-order valence-corrected chi connectivity index (χ2v) is 3.60. The maximum Gasteiger partial charge on any atom is 0.229 e. The molecule has 1 heterocycles. The van der Waals surface area contributed by atoms with Crippen LogP contribution in [0, 0.1) is 19.7 Å². The minimum absolute atomic E-state index is 0.167. The highest BCUT2D eigenvalue weighted by Crippen LogP contribution is 2.22. The van der Waals surface area contributed by atoms with Crippen LogP contribution in [0.3, 0.4) is 0 Å². The number of hydrogen-bond acceptors (Lipinski definition) is 2. The molecule has 1 aromatic carbocycles. The quantitative estimate of drug-likeness (QED) is 0.747. The van der Waals surface area contributed by atoms with Gasteiger partial charge in [-0.3, -0.25) is 4.57 Å². The Bertz CT molecular complexity index is 468. The summed E-state index contributed by atoms with van der Waals surface area (Å²) in [5.74, 6) is 0.230. The summed E-state index contributed by atoms with van der Waals surface area (Å²) in [6.07, 6.45) is 0. The van der Waals surface area contributed by atoms with Crippen LogP contribution in [0.2, 0.25) is 5.28 Å². The lowest BCUT2D eigenvalue weighted by Crippen LogP contribution is -2.02. The first kappa shape index (κ1) is 10.1. The summed E-state index contributed by atoms with van der Waals surface area (Å²) in [6, 6.07) is 4.86. The highest BCUT2D eigenvalue weighted by molar-refractivity contribution is 6.28. The van der Waals surface area contributed by atoms with Crippen molar-refractivity contribution in [3.05, 3.63) is 40.7 Å². The first-order valence-electron chi connectivity index (χ1n) is 4.44. The second kappa shape index (κ2) is 3.62. The van der Waals surface area contributed by atoms with Crippen molar-refractivity contribution in [2.45, 2.75) is 13.8 Å². The number of aromatic nitrogens is 3. The third-order valence-corrected chi connectivity index (χ3v) is 2.44. The Morgan fingerprint density at radius 1 is 1.27 bits per heavy atom. The van der Waals surface area contributed by atoms with Crippen molar-refractivity contribution < 1.29 is 4.39 Å². The number of halogens is 2. The van der Waals surface area contributed by atoms with E-state index in [9.17, 15) is 4.39 Å². The standard InChI is InChI=1S/C10H9ClFN3/c1-6-4-3-5-8(12)9(6)15-7(2)13-14-10(15)11/h3-5H,1-2H3. The molecule has 0 bridgehead atoms. The summed E-state index contributed by atoms with van der Waals surface area (Å²) in [6.45, 7) is 3.54. The fourth-order valence-corrected chi connectivity index (χ4v) is 1.74. The summed E-state index contributed by atoms with van der Waals surface area (Å²) in [5.41, 5.74) is 1.20. The van der Waals surface area contributed by atoms with E-state index >= 15 is 0 Å². The largest absolute Gasteiger partial charge is 0.267 e. The Kier molecular flexibility index (Phi) is 2.44. The summed E-state index contributed by atoms with van der Waals surface area (Å²) in [5, 5.41) is 7.64. The minimum atomic E-state index is -0.334. The van der Waals surface area contributed by atoms with E-state index in [0.29, 0.717) is 11.5 Å². The number of hydrogen-bond donors (Lipinski definition) is 0. The first-order chi connectivity index (χ1) is 7.11. The Morgan fingerprint density at radius 2 is 2.00 bits per heavy atom. The van der Waals surface area contributed by atoms with Crippen molar-refractivity contribution in [3.63, 3.8) is 0 Å². The highest BCUT2D eigenvalue weighted by Gasteiger charge is 2.14. The van der Waals surface area contributed by atoms with Crippen molar-refractivity contribution in [2.75, 3.05) is 0 Å². The molecule has 0 saturated carbocycles.